The molecule has 0 saturated heterocycles. The first-order chi connectivity index (χ1) is 28.9. The van der Waals surface area contributed by atoms with Gasteiger partial charge in [-0.1, -0.05) is 78.9 Å². The van der Waals surface area contributed by atoms with E-state index in [-0.39, 0.29) is 0 Å². The average molecular weight is 769 g/mol. The van der Waals surface area contributed by atoms with E-state index in [9.17, 15) is 5.26 Å². The molecule has 15 rings (SSSR count). The summed E-state index contributed by atoms with van der Waals surface area (Å²) in [5.74, 6) is 7.66. The summed E-state index contributed by atoms with van der Waals surface area (Å²) >= 11 is 0. The fourth-order valence-electron chi connectivity index (χ4n) is 14.5. The minimum absolute atomic E-state index is 0.360. The lowest BCUT2D eigenvalue weighted by molar-refractivity contribution is -0.00530. The minimum atomic E-state index is 0.360. The van der Waals surface area contributed by atoms with Crippen LogP contribution >= 0.6 is 0 Å². The third-order valence-electron chi connectivity index (χ3n) is 16.3. The smallest absolute Gasteiger partial charge is 0.164 e. The van der Waals surface area contributed by atoms with Gasteiger partial charge in [-0.15, -0.1) is 0 Å². The van der Waals surface area contributed by atoms with Crippen molar-refractivity contribution in [1.82, 2.24) is 15.0 Å². The van der Waals surface area contributed by atoms with E-state index in [4.69, 9.17) is 19.4 Å². The van der Waals surface area contributed by atoms with Gasteiger partial charge in [-0.25, -0.2) is 15.0 Å². The second-order valence-electron chi connectivity index (χ2n) is 20.1. The fraction of sp³-hybridized carbons (Fsp3) is 0.370. The van der Waals surface area contributed by atoms with E-state index in [1.807, 2.05) is 18.2 Å². The molecular weight excluding hydrogens is 721 g/mol. The normalized spacial score (nSPS) is 30.0. The molecule has 59 heavy (non-hydrogen) atoms. The minimum Gasteiger partial charge on any atom is -0.456 e. The number of furan rings is 1. The summed E-state index contributed by atoms with van der Waals surface area (Å²) < 4.78 is 6.22. The second kappa shape index (κ2) is 12.7. The van der Waals surface area contributed by atoms with Crippen molar-refractivity contribution < 1.29 is 4.42 Å². The van der Waals surface area contributed by atoms with Crippen molar-refractivity contribution in [2.45, 2.75) is 87.9 Å². The summed E-state index contributed by atoms with van der Waals surface area (Å²) in [6, 6.07) is 41.5. The van der Waals surface area contributed by atoms with Gasteiger partial charge >= 0.3 is 0 Å². The summed E-state index contributed by atoms with van der Waals surface area (Å²) in [4.78, 5) is 15.6. The number of hydrogen-bond acceptors (Lipinski definition) is 5. The summed E-state index contributed by atoms with van der Waals surface area (Å²) in [6.45, 7) is 0. The van der Waals surface area contributed by atoms with Crippen molar-refractivity contribution >= 4 is 21.9 Å². The highest BCUT2D eigenvalue weighted by molar-refractivity contribution is 6.06. The number of hydrogen-bond donors (Lipinski definition) is 0. The van der Waals surface area contributed by atoms with Crippen LogP contribution in [0.4, 0.5) is 0 Å². The molecule has 0 N–H and O–H groups in total. The van der Waals surface area contributed by atoms with Crippen LogP contribution in [0.2, 0.25) is 0 Å². The highest BCUT2D eigenvalue weighted by Crippen LogP contribution is 2.62. The summed E-state index contributed by atoms with van der Waals surface area (Å²) in [5.41, 5.74) is 11.1. The van der Waals surface area contributed by atoms with E-state index in [1.54, 1.807) is 0 Å². The highest BCUT2D eigenvalue weighted by atomic mass is 16.3. The Morgan fingerprint density at radius 1 is 0.424 bits per heavy atom. The molecule has 290 valence electrons. The van der Waals surface area contributed by atoms with E-state index in [1.165, 1.54) is 88.2 Å². The van der Waals surface area contributed by atoms with E-state index < -0.39 is 0 Å². The molecule has 5 nitrogen and oxygen atoms in total. The summed E-state index contributed by atoms with van der Waals surface area (Å²) in [7, 11) is 0. The third kappa shape index (κ3) is 5.58. The zero-order chi connectivity index (χ0) is 38.9. The number of nitrogens with zero attached hydrogens (tertiary/aromatic N) is 4. The number of rotatable bonds is 6. The van der Waals surface area contributed by atoms with Gasteiger partial charge in [-0.3, -0.25) is 0 Å². The van der Waals surface area contributed by atoms with Crippen molar-refractivity contribution in [2.24, 2.45) is 35.5 Å². The lowest BCUT2D eigenvalue weighted by Gasteiger charge is -2.57. The SMILES string of the molecule is N#Cc1ccc2c(c1)oc1cc(-c3ccc(-c4nc(-c5ccc(C67C[C@H]8C[C@@H](C6)C[C@@H](C7)C8)cc5)nc(-c5ccc(C67C[C@H]8C[C@H](C6)C[C@@H](C7)C8)cc5)n4)cc3)ccc12. The van der Waals surface area contributed by atoms with Crippen LogP contribution in [0.15, 0.2) is 114 Å². The van der Waals surface area contributed by atoms with Crippen LogP contribution in [-0.4, -0.2) is 15.0 Å². The predicted octanol–water partition coefficient (Wildman–Crippen LogP) is 13.2. The van der Waals surface area contributed by atoms with Gasteiger partial charge in [-0.05, 0) is 176 Å². The van der Waals surface area contributed by atoms with Crippen LogP contribution in [0.3, 0.4) is 0 Å². The number of nitriles is 1. The summed E-state index contributed by atoms with van der Waals surface area (Å²) in [5, 5.41) is 11.5. The maximum absolute atomic E-state index is 9.39. The largest absolute Gasteiger partial charge is 0.456 e. The van der Waals surface area contributed by atoms with Crippen molar-refractivity contribution in [3.8, 4) is 51.4 Å². The molecule has 7 aromatic rings. The monoisotopic (exact) mass is 768 g/mol. The van der Waals surface area contributed by atoms with Crippen LogP contribution in [-0.2, 0) is 10.8 Å². The van der Waals surface area contributed by atoms with Gasteiger partial charge in [-0.2, -0.15) is 5.26 Å². The first-order valence-electron chi connectivity index (χ1n) is 22.4. The Morgan fingerprint density at radius 2 is 0.780 bits per heavy atom. The molecule has 2 aromatic heterocycles. The molecule has 0 aliphatic heterocycles. The topological polar surface area (TPSA) is 75.6 Å². The second-order valence-corrected chi connectivity index (χ2v) is 20.1. The fourth-order valence-corrected chi connectivity index (χ4v) is 14.5. The lowest BCUT2D eigenvalue weighted by Crippen LogP contribution is -2.48. The van der Waals surface area contributed by atoms with Gasteiger partial charge in [0.25, 0.3) is 0 Å². The number of benzene rings is 5. The van der Waals surface area contributed by atoms with Crippen LogP contribution in [0, 0.1) is 46.8 Å². The van der Waals surface area contributed by atoms with Crippen molar-refractivity contribution in [3.05, 3.63) is 126 Å². The van der Waals surface area contributed by atoms with E-state index >= 15 is 0 Å². The van der Waals surface area contributed by atoms with Crippen LogP contribution in [0.1, 0.15) is 93.7 Å². The number of fused-ring (bicyclic) bond motifs is 3. The molecule has 0 amide bonds. The Hall–Kier alpha value is -5.60. The van der Waals surface area contributed by atoms with Gasteiger partial charge in [0.1, 0.15) is 11.2 Å². The molecule has 8 aliphatic carbocycles. The predicted molar refractivity (Wildman–Crippen MR) is 233 cm³/mol. The molecule has 0 unspecified atom stereocenters. The maximum Gasteiger partial charge on any atom is 0.164 e. The summed E-state index contributed by atoms with van der Waals surface area (Å²) in [6.07, 6.45) is 16.9. The molecule has 8 bridgehead atoms. The number of aromatic nitrogens is 3. The maximum atomic E-state index is 9.39. The van der Waals surface area contributed by atoms with Crippen LogP contribution < -0.4 is 0 Å². The standard InChI is InChI=1S/C54H48N4O/c55-31-32-1-15-46-47-16-10-43(24-49(47)59-48(46)23-32)39-2-4-40(5-3-39)50-56-51(41-6-11-44(12-7-41)53-25-33-17-34(26-53)19-35(18-33)27-53)58-52(57-50)42-8-13-45(14-9-42)54-28-36-20-37(29-54)22-38(21-36)30-54/h1-16,23-24,33-38H,17-22,25-30H2/t33-,34-,35-,36-,37+,38-,53?,54?. The van der Waals surface area contributed by atoms with E-state index in [2.05, 4.69) is 97.1 Å². The van der Waals surface area contributed by atoms with Crippen molar-refractivity contribution in [2.75, 3.05) is 0 Å². The molecule has 8 saturated carbocycles. The Bertz CT molecular complexity index is 2670. The Balaban J connectivity index is 0.853. The molecule has 5 aromatic carbocycles. The zero-order valence-electron chi connectivity index (χ0n) is 33.5. The molecule has 2 heterocycles. The van der Waals surface area contributed by atoms with Gasteiger partial charge in [0.2, 0.25) is 0 Å². The molecule has 8 fully saturated rings. The van der Waals surface area contributed by atoms with Crippen LogP contribution in [0.5, 0.6) is 0 Å². The van der Waals surface area contributed by atoms with E-state index in [0.29, 0.717) is 22.2 Å². The highest BCUT2D eigenvalue weighted by Gasteiger charge is 2.52. The molecule has 0 spiro atoms. The zero-order valence-corrected chi connectivity index (χ0v) is 33.5. The molecule has 0 radical (unpaired) electrons. The molecule has 5 heteroatoms. The van der Waals surface area contributed by atoms with Gasteiger partial charge in [0, 0.05) is 27.5 Å². The quantitative estimate of drug-likeness (QED) is 0.168. The van der Waals surface area contributed by atoms with Gasteiger partial charge < -0.3 is 4.42 Å². The lowest BCUT2D eigenvalue weighted by atomic mass is 9.48. The Kier molecular flexibility index (Phi) is 7.38. The van der Waals surface area contributed by atoms with Crippen molar-refractivity contribution in [3.63, 3.8) is 0 Å². The van der Waals surface area contributed by atoms with Crippen molar-refractivity contribution in [1.29, 1.82) is 5.26 Å². The first-order valence-corrected chi connectivity index (χ1v) is 22.4. The van der Waals surface area contributed by atoms with E-state index in [0.717, 1.165) is 96.9 Å². The first kappa shape index (κ1) is 34.3. The molecular formula is C54H48N4O. The average Bonchev–Trinajstić information content (AvgIpc) is 3.63. The molecule has 8 aliphatic rings. The molecule has 0 atom stereocenters. The van der Waals surface area contributed by atoms with Gasteiger partial charge in [0.05, 0.1) is 11.6 Å². The third-order valence-corrected chi connectivity index (χ3v) is 16.3. The van der Waals surface area contributed by atoms with Gasteiger partial charge in [0.15, 0.2) is 17.5 Å². The Labute approximate surface area is 345 Å². The Morgan fingerprint density at radius 3 is 1.20 bits per heavy atom. The van der Waals surface area contributed by atoms with Crippen LogP contribution in [0.25, 0.3) is 67.2 Å².